The second-order valence-corrected chi connectivity index (χ2v) is 20.0. The van der Waals surface area contributed by atoms with Crippen molar-refractivity contribution in [3.63, 3.8) is 0 Å². The third kappa shape index (κ3) is 6.38. The lowest BCUT2D eigenvalue weighted by atomic mass is 10.0. The minimum atomic E-state index is 0.513. The number of benzene rings is 11. The van der Waals surface area contributed by atoms with Crippen LogP contribution < -0.4 is 0 Å². The van der Waals surface area contributed by atoms with Crippen LogP contribution in [-0.2, 0) is 0 Å². The molecule has 78 heavy (non-hydrogen) atoms. The molecule has 11 aromatic carbocycles. The van der Waals surface area contributed by atoms with Gasteiger partial charge in [-0.2, -0.15) is 5.26 Å². The highest BCUT2D eigenvalue weighted by molar-refractivity contribution is 6.28. The molecular formula is C71H43N7. The quantitative estimate of drug-likeness (QED) is 0.160. The van der Waals surface area contributed by atoms with Crippen LogP contribution >= 0.6 is 0 Å². The Morgan fingerprint density at radius 3 is 1.06 bits per heavy atom. The van der Waals surface area contributed by atoms with E-state index in [1.165, 1.54) is 10.8 Å². The first-order valence-corrected chi connectivity index (χ1v) is 26.3. The van der Waals surface area contributed by atoms with E-state index in [0.29, 0.717) is 11.4 Å². The fourth-order valence-electron chi connectivity index (χ4n) is 12.5. The molecule has 0 fully saturated rings. The molecule has 0 N–H and O–H groups in total. The maximum atomic E-state index is 12.1. The van der Waals surface area contributed by atoms with E-state index in [4.69, 9.17) is 9.97 Å². The number of hydrogen-bond donors (Lipinski definition) is 0. The van der Waals surface area contributed by atoms with Crippen molar-refractivity contribution in [2.24, 2.45) is 0 Å². The van der Waals surface area contributed by atoms with E-state index in [2.05, 4.69) is 249 Å². The minimum Gasteiger partial charge on any atom is -0.309 e. The molecule has 0 aliphatic rings. The summed E-state index contributed by atoms with van der Waals surface area (Å²) in [5.41, 5.74) is 16.8. The van der Waals surface area contributed by atoms with Crippen LogP contribution in [0.3, 0.4) is 0 Å². The first-order valence-electron chi connectivity index (χ1n) is 26.3. The number of nitriles is 1. The molecule has 0 unspecified atom stereocenters. The van der Waals surface area contributed by atoms with Crippen molar-refractivity contribution in [1.82, 2.24) is 28.2 Å². The van der Waals surface area contributed by atoms with E-state index in [1.54, 1.807) is 0 Å². The van der Waals surface area contributed by atoms with Crippen molar-refractivity contribution >= 4 is 87.2 Å². The number of rotatable bonds is 7. The van der Waals surface area contributed by atoms with Crippen LogP contribution in [0.15, 0.2) is 261 Å². The summed E-state index contributed by atoms with van der Waals surface area (Å²) in [4.78, 5) is 10.9. The van der Waals surface area contributed by atoms with Gasteiger partial charge in [-0.05, 0) is 78.9 Å². The molecule has 0 spiro atoms. The van der Waals surface area contributed by atoms with Gasteiger partial charge < -0.3 is 18.3 Å². The van der Waals surface area contributed by atoms with Gasteiger partial charge in [-0.15, -0.1) is 0 Å². The van der Waals surface area contributed by atoms with Crippen molar-refractivity contribution in [3.8, 4) is 62.7 Å². The minimum absolute atomic E-state index is 0.513. The van der Waals surface area contributed by atoms with Gasteiger partial charge in [-0.3, -0.25) is 0 Å². The van der Waals surface area contributed by atoms with Crippen LogP contribution in [0.25, 0.3) is 144 Å². The van der Waals surface area contributed by atoms with Gasteiger partial charge >= 0.3 is 0 Å². The monoisotopic (exact) mass is 993 g/mol. The molecule has 7 nitrogen and oxygen atoms in total. The molecule has 7 heteroatoms. The Labute approximate surface area is 447 Å². The number of hydrogen-bond acceptors (Lipinski definition) is 3. The summed E-state index contributed by atoms with van der Waals surface area (Å²) in [5.74, 6) is 0.543. The molecule has 0 radical (unpaired) electrons. The fourth-order valence-corrected chi connectivity index (χ4v) is 12.5. The van der Waals surface area contributed by atoms with Crippen molar-refractivity contribution < 1.29 is 0 Å². The highest BCUT2D eigenvalue weighted by Crippen LogP contribution is 2.46. The Morgan fingerprint density at radius 2 is 0.654 bits per heavy atom. The lowest BCUT2D eigenvalue weighted by molar-refractivity contribution is 1.11. The van der Waals surface area contributed by atoms with Gasteiger partial charge in [0.15, 0.2) is 5.82 Å². The maximum absolute atomic E-state index is 12.1. The van der Waals surface area contributed by atoms with E-state index in [9.17, 15) is 5.26 Å². The molecule has 0 aliphatic carbocycles. The normalized spacial score (nSPS) is 11.8. The van der Waals surface area contributed by atoms with E-state index >= 15 is 0 Å². The fraction of sp³-hybridized carbons (Fsp3) is 0. The van der Waals surface area contributed by atoms with Gasteiger partial charge in [0.25, 0.3) is 0 Å². The molecular weight excluding hydrogens is 951 g/mol. The molecule has 0 saturated heterocycles. The first kappa shape index (κ1) is 43.6. The smallest absolute Gasteiger partial charge is 0.160 e. The molecule has 362 valence electrons. The van der Waals surface area contributed by atoms with E-state index in [-0.39, 0.29) is 0 Å². The molecule has 0 amide bonds. The summed E-state index contributed by atoms with van der Waals surface area (Å²) in [5, 5.41) is 21.2. The van der Waals surface area contributed by atoms with Gasteiger partial charge in [0.05, 0.1) is 66.9 Å². The number of nitrogens with zero attached hydrogens (tertiary/aromatic N) is 7. The van der Waals surface area contributed by atoms with Crippen LogP contribution in [0.2, 0.25) is 0 Å². The predicted octanol–water partition coefficient (Wildman–Crippen LogP) is 17.7. The third-order valence-corrected chi connectivity index (χ3v) is 15.8. The Kier molecular flexibility index (Phi) is 9.56. The molecule has 16 rings (SSSR count). The predicted molar refractivity (Wildman–Crippen MR) is 320 cm³/mol. The van der Waals surface area contributed by atoms with E-state index in [1.807, 2.05) is 36.4 Å². The molecule has 0 bridgehead atoms. The Balaban J connectivity index is 1.07. The SMILES string of the molecule is N#Cc1c(-n2c3ccccc3c3c2ccc2c4ccccc4n(-c4ccccc4)c23)cc(-c2nc(-c3ccccc3)cc(-c3ccccc3)n2)cc1-n1c2ccccc2c2c1ccc1c3ccccc3n(-c3ccccc3)c12. The summed E-state index contributed by atoms with van der Waals surface area (Å²) >= 11 is 0. The summed E-state index contributed by atoms with van der Waals surface area (Å²) in [6.07, 6.45) is 0. The average molecular weight is 994 g/mol. The van der Waals surface area contributed by atoms with Crippen molar-refractivity contribution in [3.05, 3.63) is 266 Å². The first-order chi connectivity index (χ1) is 38.7. The van der Waals surface area contributed by atoms with Crippen molar-refractivity contribution in [2.45, 2.75) is 0 Å². The molecule has 5 aromatic heterocycles. The second-order valence-electron chi connectivity index (χ2n) is 20.0. The lowest BCUT2D eigenvalue weighted by Gasteiger charge is -2.18. The van der Waals surface area contributed by atoms with E-state index < -0.39 is 0 Å². The Bertz CT molecular complexity index is 4820. The largest absolute Gasteiger partial charge is 0.309 e. The third-order valence-electron chi connectivity index (χ3n) is 15.8. The van der Waals surface area contributed by atoms with Crippen LogP contribution in [0.5, 0.6) is 0 Å². The van der Waals surface area contributed by atoms with Crippen LogP contribution in [-0.4, -0.2) is 28.2 Å². The van der Waals surface area contributed by atoms with Gasteiger partial charge in [-0.1, -0.05) is 182 Å². The number of aromatic nitrogens is 6. The zero-order chi connectivity index (χ0) is 51.4. The number of para-hydroxylation sites is 6. The van der Waals surface area contributed by atoms with Gasteiger partial charge in [0, 0.05) is 71.2 Å². The van der Waals surface area contributed by atoms with Crippen LogP contribution in [0.4, 0.5) is 0 Å². The summed E-state index contributed by atoms with van der Waals surface area (Å²) in [7, 11) is 0. The molecule has 0 aliphatic heterocycles. The summed E-state index contributed by atoms with van der Waals surface area (Å²) in [6, 6.07) is 94.7. The topological polar surface area (TPSA) is 69.3 Å². The molecule has 16 aromatic rings. The molecule has 5 heterocycles. The second kappa shape index (κ2) is 17.1. The van der Waals surface area contributed by atoms with Crippen LogP contribution in [0.1, 0.15) is 5.56 Å². The number of fused-ring (bicyclic) bond motifs is 14. The van der Waals surface area contributed by atoms with E-state index in [0.717, 1.165) is 127 Å². The zero-order valence-corrected chi connectivity index (χ0v) is 42.0. The van der Waals surface area contributed by atoms with Gasteiger partial charge in [0.1, 0.15) is 11.6 Å². The summed E-state index contributed by atoms with van der Waals surface area (Å²) < 4.78 is 9.42. The standard InChI is InChI=1S/C71H43N7/c72-44-56-65(77-61-35-19-15-31-54(61)67-63(77)39-37-52-50-29-13-17-33-59(50)75(69(52)67)48-25-9-3-10-26-48)41-47(71-73-57(45-21-5-1-6-22-45)43-58(74-71)46-23-7-2-8-24-46)42-66(56)78-62-36-20-16-32-55(62)68-64(78)40-38-53-51-30-14-18-34-60(51)76(70(53)68)49-27-11-4-12-28-49/h1-43H. The summed E-state index contributed by atoms with van der Waals surface area (Å²) in [6.45, 7) is 0. The van der Waals surface area contributed by atoms with Crippen LogP contribution in [0, 0.1) is 11.3 Å². The molecule has 0 saturated carbocycles. The van der Waals surface area contributed by atoms with Crippen molar-refractivity contribution in [2.75, 3.05) is 0 Å². The Hall–Kier alpha value is -10.8. The lowest BCUT2D eigenvalue weighted by Crippen LogP contribution is -2.06. The Morgan fingerprint density at radius 1 is 0.295 bits per heavy atom. The average Bonchev–Trinajstić information content (AvgIpc) is 4.40. The zero-order valence-electron chi connectivity index (χ0n) is 42.0. The maximum Gasteiger partial charge on any atom is 0.160 e. The highest BCUT2D eigenvalue weighted by Gasteiger charge is 2.27. The van der Waals surface area contributed by atoms with Gasteiger partial charge in [0.2, 0.25) is 0 Å². The highest BCUT2D eigenvalue weighted by atomic mass is 15.1. The van der Waals surface area contributed by atoms with Crippen molar-refractivity contribution in [1.29, 1.82) is 5.26 Å². The van der Waals surface area contributed by atoms with Gasteiger partial charge in [-0.25, -0.2) is 9.97 Å². The molecule has 0 atom stereocenters.